The first-order valence-electron chi connectivity index (χ1n) is 8.71. The molecule has 6 heteroatoms. The normalized spacial score (nSPS) is 10.3. The summed E-state index contributed by atoms with van der Waals surface area (Å²) in [7, 11) is 1.64. The number of amides is 1. The predicted molar refractivity (Wildman–Crippen MR) is 106 cm³/mol. The number of carbonyl (C=O) groups is 1. The molecule has 27 heavy (non-hydrogen) atoms. The van der Waals surface area contributed by atoms with E-state index in [9.17, 15) is 4.79 Å². The van der Waals surface area contributed by atoms with Crippen molar-refractivity contribution in [2.24, 2.45) is 0 Å². The van der Waals surface area contributed by atoms with Gasteiger partial charge < -0.3 is 15.4 Å². The van der Waals surface area contributed by atoms with Gasteiger partial charge in [-0.05, 0) is 42.7 Å². The molecule has 1 heterocycles. The maximum Gasteiger partial charge on any atom is 0.254 e. The highest BCUT2D eigenvalue weighted by molar-refractivity contribution is 5.93. The predicted octanol–water partition coefficient (Wildman–Crippen LogP) is 3.51. The van der Waals surface area contributed by atoms with Gasteiger partial charge in [-0.3, -0.25) is 4.79 Å². The number of hydrogen-bond donors (Lipinski definition) is 2. The van der Waals surface area contributed by atoms with Crippen LogP contribution in [0.5, 0.6) is 5.75 Å². The minimum absolute atomic E-state index is 0.194. The number of rotatable bonds is 7. The van der Waals surface area contributed by atoms with Crippen LogP contribution in [0.3, 0.4) is 0 Å². The molecule has 0 fully saturated rings. The Kier molecular flexibility index (Phi) is 5.99. The molecule has 0 saturated heterocycles. The van der Waals surface area contributed by atoms with Crippen LogP contribution >= 0.6 is 0 Å². The Morgan fingerprint density at radius 2 is 1.85 bits per heavy atom. The van der Waals surface area contributed by atoms with Gasteiger partial charge in [0.05, 0.1) is 12.7 Å². The molecule has 138 valence electrons. The van der Waals surface area contributed by atoms with Gasteiger partial charge >= 0.3 is 0 Å². The van der Waals surface area contributed by atoms with E-state index in [-0.39, 0.29) is 5.91 Å². The molecule has 0 aliphatic heterocycles. The molecule has 0 unspecified atom stereocenters. The van der Waals surface area contributed by atoms with Crippen molar-refractivity contribution < 1.29 is 9.53 Å². The summed E-state index contributed by atoms with van der Waals surface area (Å²) in [4.78, 5) is 20.7. The summed E-state index contributed by atoms with van der Waals surface area (Å²) in [5, 5.41) is 6.03. The Morgan fingerprint density at radius 1 is 1.07 bits per heavy atom. The molecule has 1 aromatic heterocycles. The summed E-state index contributed by atoms with van der Waals surface area (Å²) in [6.07, 6.45) is 3.76. The zero-order valence-electron chi connectivity index (χ0n) is 15.4. The fourth-order valence-corrected chi connectivity index (χ4v) is 2.59. The third-order valence-corrected chi connectivity index (χ3v) is 4.14. The number of ether oxygens (including phenoxy) is 1. The summed E-state index contributed by atoms with van der Waals surface area (Å²) < 4.78 is 5.20. The van der Waals surface area contributed by atoms with Gasteiger partial charge in [0.1, 0.15) is 5.75 Å². The van der Waals surface area contributed by atoms with E-state index >= 15 is 0 Å². The lowest BCUT2D eigenvalue weighted by Gasteiger charge is -2.09. The molecule has 3 rings (SSSR count). The lowest BCUT2D eigenvalue weighted by Crippen LogP contribution is -2.26. The summed E-state index contributed by atoms with van der Waals surface area (Å²) >= 11 is 0. The third-order valence-electron chi connectivity index (χ3n) is 4.14. The first-order chi connectivity index (χ1) is 13.2. The van der Waals surface area contributed by atoms with Crippen molar-refractivity contribution in [1.29, 1.82) is 0 Å². The van der Waals surface area contributed by atoms with Gasteiger partial charge in [-0.1, -0.05) is 30.3 Å². The van der Waals surface area contributed by atoms with Crippen molar-refractivity contribution in [1.82, 2.24) is 15.3 Å². The molecule has 1 amide bonds. The molecule has 3 aromatic rings. The first-order valence-corrected chi connectivity index (χ1v) is 8.71. The second-order valence-electron chi connectivity index (χ2n) is 6.09. The van der Waals surface area contributed by atoms with Crippen molar-refractivity contribution in [3.8, 4) is 5.75 Å². The SMILES string of the molecule is COc1cccc(CCNC(=O)c2cnc(Nc3ccccc3C)nc2)c1. The van der Waals surface area contributed by atoms with Gasteiger partial charge in [-0.2, -0.15) is 0 Å². The number of aryl methyl sites for hydroxylation is 1. The number of hydrogen-bond acceptors (Lipinski definition) is 5. The van der Waals surface area contributed by atoms with Crippen molar-refractivity contribution in [3.63, 3.8) is 0 Å². The molecule has 0 atom stereocenters. The zero-order chi connectivity index (χ0) is 19.1. The Morgan fingerprint density at radius 3 is 2.59 bits per heavy atom. The Balaban J connectivity index is 1.53. The minimum Gasteiger partial charge on any atom is -0.497 e. The molecular weight excluding hydrogens is 340 g/mol. The van der Waals surface area contributed by atoms with E-state index in [1.807, 2.05) is 55.5 Å². The lowest BCUT2D eigenvalue weighted by molar-refractivity contribution is 0.0953. The third kappa shape index (κ3) is 5.04. The van der Waals surface area contributed by atoms with E-state index in [0.29, 0.717) is 18.1 Å². The fraction of sp³-hybridized carbons (Fsp3) is 0.190. The van der Waals surface area contributed by atoms with E-state index in [1.54, 1.807) is 7.11 Å². The van der Waals surface area contributed by atoms with E-state index in [4.69, 9.17) is 4.74 Å². The van der Waals surface area contributed by atoms with Crippen molar-refractivity contribution in [3.05, 3.63) is 77.6 Å². The van der Waals surface area contributed by atoms with Gasteiger partial charge in [0.25, 0.3) is 5.91 Å². The summed E-state index contributed by atoms with van der Waals surface area (Å²) in [6, 6.07) is 15.7. The Bertz CT molecular complexity index is 910. The van der Waals surface area contributed by atoms with Crippen LogP contribution < -0.4 is 15.4 Å². The molecule has 0 radical (unpaired) electrons. The van der Waals surface area contributed by atoms with E-state index < -0.39 is 0 Å². The largest absolute Gasteiger partial charge is 0.497 e. The zero-order valence-corrected chi connectivity index (χ0v) is 15.4. The van der Waals surface area contributed by atoms with E-state index in [2.05, 4.69) is 20.6 Å². The van der Waals surface area contributed by atoms with Crippen molar-refractivity contribution in [2.45, 2.75) is 13.3 Å². The molecule has 0 aliphatic carbocycles. The number of benzene rings is 2. The number of carbonyl (C=O) groups excluding carboxylic acids is 1. The average Bonchev–Trinajstić information content (AvgIpc) is 2.70. The van der Waals surface area contributed by atoms with Gasteiger partial charge in [-0.15, -0.1) is 0 Å². The van der Waals surface area contributed by atoms with Gasteiger partial charge in [-0.25, -0.2) is 9.97 Å². The van der Waals surface area contributed by atoms with Gasteiger partial charge in [0, 0.05) is 24.6 Å². The van der Waals surface area contributed by atoms with Gasteiger partial charge in [0.15, 0.2) is 0 Å². The summed E-state index contributed by atoms with van der Waals surface area (Å²) in [6.45, 7) is 2.53. The van der Waals surface area contributed by atoms with Crippen LogP contribution in [0.4, 0.5) is 11.6 Å². The quantitative estimate of drug-likeness (QED) is 0.673. The van der Waals surface area contributed by atoms with Gasteiger partial charge in [0.2, 0.25) is 5.95 Å². The topological polar surface area (TPSA) is 76.1 Å². The second-order valence-corrected chi connectivity index (χ2v) is 6.09. The molecule has 2 aromatic carbocycles. The highest BCUT2D eigenvalue weighted by Gasteiger charge is 2.07. The summed E-state index contributed by atoms with van der Waals surface area (Å²) in [5.74, 6) is 1.07. The van der Waals surface area contributed by atoms with Crippen LogP contribution in [0.15, 0.2) is 60.9 Å². The maximum absolute atomic E-state index is 12.2. The second kappa shape index (κ2) is 8.80. The molecular formula is C21H22N4O2. The van der Waals surface area contributed by atoms with Crippen molar-refractivity contribution in [2.75, 3.05) is 19.0 Å². The fourth-order valence-electron chi connectivity index (χ4n) is 2.59. The number of para-hydroxylation sites is 1. The molecule has 6 nitrogen and oxygen atoms in total. The van der Waals surface area contributed by atoms with Crippen LogP contribution in [-0.4, -0.2) is 29.5 Å². The number of aromatic nitrogens is 2. The van der Waals surface area contributed by atoms with E-state index in [1.165, 1.54) is 12.4 Å². The highest BCUT2D eigenvalue weighted by atomic mass is 16.5. The Hall–Kier alpha value is -3.41. The number of methoxy groups -OCH3 is 1. The summed E-state index contributed by atoms with van der Waals surface area (Å²) in [5.41, 5.74) is 3.56. The Labute approximate surface area is 158 Å². The lowest BCUT2D eigenvalue weighted by atomic mass is 10.1. The maximum atomic E-state index is 12.2. The average molecular weight is 362 g/mol. The van der Waals surface area contributed by atoms with Crippen LogP contribution in [0.2, 0.25) is 0 Å². The molecule has 0 spiro atoms. The molecule has 0 bridgehead atoms. The van der Waals surface area contributed by atoms with Crippen LogP contribution in [0, 0.1) is 6.92 Å². The molecule has 0 saturated carbocycles. The molecule has 0 aliphatic rings. The van der Waals surface area contributed by atoms with Crippen LogP contribution in [0.1, 0.15) is 21.5 Å². The smallest absolute Gasteiger partial charge is 0.254 e. The van der Waals surface area contributed by atoms with Crippen molar-refractivity contribution >= 4 is 17.5 Å². The standard InChI is InChI=1S/C21H22N4O2/c1-15-6-3-4-9-19(15)25-21-23-13-17(14-24-21)20(26)22-11-10-16-7-5-8-18(12-16)27-2/h3-9,12-14H,10-11H2,1-2H3,(H,22,26)(H,23,24,25). The first kappa shape index (κ1) is 18.4. The van der Waals surface area contributed by atoms with Crippen LogP contribution in [-0.2, 0) is 6.42 Å². The highest BCUT2D eigenvalue weighted by Crippen LogP contribution is 2.17. The number of anilines is 2. The number of nitrogens with one attached hydrogen (secondary N) is 2. The monoisotopic (exact) mass is 362 g/mol. The van der Waals surface area contributed by atoms with Crippen LogP contribution in [0.25, 0.3) is 0 Å². The van der Waals surface area contributed by atoms with E-state index in [0.717, 1.165) is 29.0 Å². The molecule has 2 N–H and O–H groups in total. The minimum atomic E-state index is -0.194. The number of nitrogens with zero attached hydrogens (tertiary/aromatic N) is 2.